The van der Waals surface area contributed by atoms with E-state index in [1.807, 2.05) is 15.5 Å². The Hall–Kier alpha value is -1.73. The molecule has 0 saturated carbocycles. The first kappa shape index (κ1) is 21.5. The number of nitrogens with zero attached hydrogens (tertiary/aromatic N) is 2. The molecule has 3 heterocycles. The highest BCUT2D eigenvalue weighted by molar-refractivity contribution is 6.68. The Bertz CT molecular complexity index is 987. The summed E-state index contributed by atoms with van der Waals surface area (Å²) < 4.78 is 5.26. The van der Waals surface area contributed by atoms with Gasteiger partial charge in [-0.1, -0.05) is 40.9 Å². The second-order valence-electron chi connectivity index (χ2n) is 7.80. The molecule has 1 N–H and O–H groups in total. The van der Waals surface area contributed by atoms with Gasteiger partial charge >= 0.3 is 0 Å². The first-order chi connectivity index (χ1) is 14.3. The molecule has 1 amide bonds. The van der Waals surface area contributed by atoms with Crippen LogP contribution in [0.1, 0.15) is 28.4 Å². The molecule has 0 unspecified atom stereocenters. The van der Waals surface area contributed by atoms with E-state index in [4.69, 9.17) is 39.5 Å². The molecule has 9 heteroatoms. The number of halogens is 3. The second kappa shape index (κ2) is 8.42. The van der Waals surface area contributed by atoms with Gasteiger partial charge in [0.15, 0.2) is 0 Å². The number of hydrogen-bond acceptors (Lipinski definition) is 4. The van der Waals surface area contributed by atoms with E-state index >= 15 is 0 Å². The van der Waals surface area contributed by atoms with Gasteiger partial charge < -0.3 is 14.6 Å². The van der Waals surface area contributed by atoms with E-state index in [9.17, 15) is 9.59 Å². The fourth-order valence-corrected chi connectivity index (χ4v) is 5.05. The minimum absolute atomic E-state index is 0.0152. The third-order valence-electron chi connectivity index (χ3n) is 5.80. The van der Waals surface area contributed by atoms with Gasteiger partial charge in [-0.25, -0.2) is 0 Å². The van der Waals surface area contributed by atoms with Crippen molar-refractivity contribution in [3.63, 3.8) is 0 Å². The number of ether oxygens (including phenoxy) is 1. The first-order valence-electron chi connectivity index (χ1n) is 9.71. The maximum absolute atomic E-state index is 12.8. The maximum Gasteiger partial charge on any atom is 0.252 e. The van der Waals surface area contributed by atoms with Gasteiger partial charge in [-0.3, -0.25) is 14.5 Å². The molecule has 2 aliphatic rings. The van der Waals surface area contributed by atoms with E-state index in [0.717, 1.165) is 12.1 Å². The number of methoxy groups -OCH3 is 1. The van der Waals surface area contributed by atoms with E-state index in [1.54, 1.807) is 43.5 Å². The predicted octanol–water partition coefficient (Wildman–Crippen LogP) is 3.40. The van der Waals surface area contributed by atoms with Crippen molar-refractivity contribution in [2.24, 2.45) is 5.92 Å². The molecule has 2 bridgehead atoms. The lowest BCUT2D eigenvalue weighted by Crippen LogP contribution is -2.60. The van der Waals surface area contributed by atoms with Crippen molar-refractivity contribution in [1.82, 2.24) is 14.8 Å². The number of carbonyl (C=O) groups is 1. The van der Waals surface area contributed by atoms with Crippen LogP contribution >= 0.6 is 34.8 Å². The summed E-state index contributed by atoms with van der Waals surface area (Å²) in [6.45, 7) is 1.83. The number of rotatable bonds is 4. The molecule has 0 aliphatic carbocycles. The van der Waals surface area contributed by atoms with Gasteiger partial charge in [-0.15, -0.1) is 0 Å². The van der Waals surface area contributed by atoms with Crippen molar-refractivity contribution in [3.8, 4) is 5.75 Å². The van der Waals surface area contributed by atoms with Gasteiger partial charge in [0.1, 0.15) is 11.9 Å². The monoisotopic (exact) mass is 469 g/mol. The summed E-state index contributed by atoms with van der Waals surface area (Å²) in [5.41, 5.74) is 1.46. The molecule has 4 rings (SSSR count). The molecule has 1 saturated heterocycles. The average Bonchev–Trinajstić information content (AvgIpc) is 2.71. The van der Waals surface area contributed by atoms with Crippen LogP contribution in [-0.2, 0) is 6.54 Å². The standard InChI is InChI=1S/C21H22Cl3N3O3/c1-30-16-7-5-14(6-8-16)19(29)25-20(21(22,23)24)26-10-13-9-15(12-26)17-3-2-4-18(28)27(17)11-13/h2-8,13,15,20H,9-12H2,1H3,(H,25,29)/t13-,15-,20+/m0/s1. The molecule has 1 aromatic heterocycles. The molecule has 0 radical (unpaired) electrons. The predicted molar refractivity (Wildman–Crippen MR) is 118 cm³/mol. The highest BCUT2D eigenvalue weighted by atomic mass is 35.6. The number of pyridine rings is 1. The third kappa shape index (κ3) is 4.33. The van der Waals surface area contributed by atoms with Crippen LogP contribution in [0, 0.1) is 5.92 Å². The van der Waals surface area contributed by atoms with Crippen LogP contribution in [-0.4, -0.2) is 45.5 Å². The second-order valence-corrected chi connectivity index (χ2v) is 10.2. The topological polar surface area (TPSA) is 63.6 Å². The normalized spacial score (nSPS) is 22.1. The lowest BCUT2D eigenvalue weighted by Gasteiger charge is -2.47. The molecule has 30 heavy (non-hydrogen) atoms. The zero-order chi connectivity index (χ0) is 21.5. The lowest BCUT2D eigenvalue weighted by molar-refractivity contribution is 0.0586. The molecule has 1 aromatic carbocycles. The number of carbonyl (C=O) groups excluding carboxylic acids is 1. The maximum atomic E-state index is 12.8. The Balaban J connectivity index is 1.56. The summed E-state index contributed by atoms with van der Waals surface area (Å²) in [5, 5.41) is 2.89. The summed E-state index contributed by atoms with van der Waals surface area (Å²) in [4.78, 5) is 27.1. The van der Waals surface area contributed by atoms with Crippen molar-refractivity contribution in [2.75, 3.05) is 20.2 Å². The molecule has 3 atom stereocenters. The SMILES string of the molecule is COc1ccc(C(=O)N[C@H](N2C[C@@H]3C[C@@H](C2)c2cccc(=O)n2C3)C(Cl)(Cl)Cl)cc1. The number of aromatic nitrogens is 1. The van der Waals surface area contributed by atoms with Crippen LogP contribution in [0.4, 0.5) is 0 Å². The van der Waals surface area contributed by atoms with Crippen molar-refractivity contribution in [3.05, 3.63) is 64.1 Å². The van der Waals surface area contributed by atoms with Crippen molar-refractivity contribution in [2.45, 2.75) is 28.8 Å². The Morgan fingerprint density at radius 2 is 1.87 bits per heavy atom. The summed E-state index contributed by atoms with van der Waals surface area (Å²) in [5.74, 6) is 0.701. The van der Waals surface area contributed by atoms with Crippen molar-refractivity contribution in [1.29, 1.82) is 0 Å². The average molecular weight is 471 g/mol. The summed E-state index contributed by atoms with van der Waals surface area (Å²) >= 11 is 18.9. The van der Waals surface area contributed by atoms with Gasteiger partial charge in [0.05, 0.1) is 7.11 Å². The highest BCUT2D eigenvalue weighted by Gasteiger charge is 2.44. The van der Waals surface area contributed by atoms with Gasteiger partial charge in [0, 0.05) is 42.9 Å². The van der Waals surface area contributed by atoms with E-state index in [1.165, 1.54) is 0 Å². The lowest BCUT2D eigenvalue weighted by atomic mass is 9.83. The van der Waals surface area contributed by atoms with E-state index < -0.39 is 9.96 Å². The Labute approximate surface area is 189 Å². The Morgan fingerprint density at radius 1 is 1.13 bits per heavy atom. The number of hydrogen-bond donors (Lipinski definition) is 1. The van der Waals surface area contributed by atoms with Gasteiger partial charge in [-0.05, 0) is 42.7 Å². The minimum Gasteiger partial charge on any atom is -0.497 e. The smallest absolute Gasteiger partial charge is 0.252 e. The molecular formula is C21H22Cl3N3O3. The number of benzene rings is 1. The Kier molecular flexibility index (Phi) is 6.04. The molecule has 1 fully saturated rings. The van der Waals surface area contributed by atoms with Crippen LogP contribution in [0.3, 0.4) is 0 Å². The number of amides is 1. The Morgan fingerprint density at radius 3 is 2.53 bits per heavy atom. The first-order valence-corrected chi connectivity index (χ1v) is 10.8. The van der Waals surface area contributed by atoms with E-state index in [2.05, 4.69) is 5.32 Å². The van der Waals surface area contributed by atoms with E-state index in [0.29, 0.717) is 30.9 Å². The summed E-state index contributed by atoms with van der Waals surface area (Å²) in [6, 6.07) is 12.1. The van der Waals surface area contributed by atoms with Crippen molar-refractivity contribution >= 4 is 40.7 Å². The van der Waals surface area contributed by atoms with Crippen LogP contribution < -0.4 is 15.6 Å². The van der Waals surface area contributed by atoms with Gasteiger partial charge in [0.2, 0.25) is 3.79 Å². The fraction of sp³-hybridized carbons (Fsp3) is 0.429. The van der Waals surface area contributed by atoms with Crippen LogP contribution in [0.15, 0.2) is 47.3 Å². The number of likely N-dealkylation sites (tertiary alicyclic amines) is 1. The molecular weight excluding hydrogens is 449 g/mol. The van der Waals surface area contributed by atoms with Gasteiger partial charge in [-0.2, -0.15) is 0 Å². The number of fused-ring (bicyclic) bond motifs is 4. The summed E-state index contributed by atoms with van der Waals surface area (Å²) in [7, 11) is 1.56. The van der Waals surface area contributed by atoms with Crippen LogP contribution in [0.25, 0.3) is 0 Å². The van der Waals surface area contributed by atoms with Crippen LogP contribution in [0.5, 0.6) is 5.75 Å². The fourth-order valence-electron chi connectivity index (χ4n) is 4.47. The zero-order valence-electron chi connectivity index (χ0n) is 16.4. The quantitative estimate of drug-likeness (QED) is 0.696. The molecule has 160 valence electrons. The molecule has 0 spiro atoms. The summed E-state index contributed by atoms with van der Waals surface area (Å²) in [6.07, 6.45) is 0.170. The number of piperidine rings is 1. The number of nitrogens with one attached hydrogen (secondary N) is 1. The zero-order valence-corrected chi connectivity index (χ0v) is 18.6. The minimum atomic E-state index is -1.72. The van der Waals surface area contributed by atoms with E-state index in [-0.39, 0.29) is 23.3 Å². The highest BCUT2D eigenvalue weighted by Crippen LogP contribution is 2.40. The molecule has 2 aromatic rings. The molecule has 2 aliphatic heterocycles. The van der Waals surface area contributed by atoms with Crippen molar-refractivity contribution < 1.29 is 9.53 Å². The largest absolute Gasteiger partial charge is 0.497 e. The molecule has 6 nitrogen and oxygen atoms in total. The van der Waals surface area contributed by atoms with Gasteiger partial charge in [0.25, 0.3) is 11.5 Å². The number of alkyl halides is 3. The van der Waals surface area contributed by atoms with Crippen LogP contribution in [0.2, 0.25) is 0 Å². The third-order valence-corrected chi connectivity index (χ3v) is 6.42.